The molecule has 0 bridgehead atoms. The van der Waals surface area contributed by atoms with Crippen LogP contribution in [0.5, 0.6) is 5.75 Å². The summed E-state index contributed by atoms with van der Waals surface area (Å²) in [6.45, 7) is 4.05. The van der Waals surface area contributed by atoms with Gasteiger partial charge in [-0.05, 0) is 70.0 Å². The molecule has 0 spiro atoms. The van der Waals surface area contributed by atoms with E-state index in [2.05, 4.69) is 10.6 Å². The van der Waals surface area contributed by atoms with Crippen molar-refractivity contribution < 1.29 is 23.5 Å². The number of hydrogen-bond acceptors (Lipinski definition) is 5. The van der Waals surface area contributed by atoms with Crippen LogP contribution in [-0.4, -0.2) is 64.9 Å². The molecular formula is C33H41FN4O4. The lowest BCUT2D eigenvalue weighted by atomic mass is 9.83. The average molecular weight is 577 g/mol. The average Bonchev–Trinajstić information content (AvgIpc) is 3.56. The second-order valence-electron chi connectivity index (χ2n) is 11.7. The molecule has 1 aliphatic heterocycles. The van der Waals surface area contributed by atoms with Gasteiger partial charge in [0.1, 0.15) is 23.7 Å². The van der Waals surface area contributed by atoms with Gasteiger partial charge in [0.15, 0.2) is 5.78 Å². The highest BCUT2D eigenvalue weighted by Crippen LogP contribution is 2.32. The number of ketones is 1. The number of aromatic nitrogens is 1. The summed E-state index contributed by atoms with van der Waals surface area (Å²) in [4.78, 5) is 41.8. The quantitative estimate of drug-likeness (QED) is 0.341. The normalized spacial score (nSPS) is 20.8. The number of hydrogen-bond donors (Lipinski definition) is 2. The Labute approximate surface area is 246 Å². The Bertz CT molecular complexity index is 1420. The summed E-state index contributed by atoms with van der Waals surface area (Å²) in [6.07, 6.45) is 7.09. The minimum atomic E-state index is -0.630. The van der Waals surface area contributed by atoms with E-state index in [-0.39, 0.29) is 35.7 Å². The fourth-order valence-corrected chi connectivity index (χ4v) is 6.46. The third-order valence-electron chi connectivity index (χ3n) is 8.85. The van der Waals surface area contributed by atoms with Gasteiger partial charge in [-0.3, -0.25) is 14.4 Å². The molecule has 8 nitrogen and oxygen atoms in total. The number of para-hydroxylation sites is 1. The molecule has 2 aliphatic rings. The molecule has 1 unspecified atom stereocenters. The molecule has 2 aromatic carbocycles. The Kier molecular flexibility index (Phi) is 9.26. The Morgan fingerprint density at radius 3 is 2.50 bits per heavy atom. The summed E-state index contributed by atoms with van der Waals surface area (Å²) in [5, 5.41) is 6.63. The Morgan fingerprint density at radius 1 is 1.07 bits per heavy atom. The summed E-state index contributed by atoms with van der Waals surface area (Å²) in [5.41, 5.74) is 1.19. The number of amides is 2. The maximum atomic E-state index is 14.4. The van der Waals surface area contributed by atoms with Crippen LogP contribution >= 0.6 is 0 Å². The summed E-state index contributed by atoms with van der Waals surface area (Å²) in [6, 6.07) is 12.7. The van der Waals surface area contributed by atoms with Crippen LogP contribution in [0.4, 0.5) is 4.39 Å². The molecule has 1 saturated heterocycles. The van der Waals surface area contributed by atoms with E-state index in [1.165, 1.54) is 19.1 Å². The van der Waals surface area contributed by atoms with Gasteiger partial charge in [-0.15, -0.1) is 0 Å². The van der Waals surface area contributed by atoms with Crippen LogP contribution in [0.15, 0.2) is 54.7 Å². The number of nitrogens with zero attached hydrogens (tertiary/aromatic N) is 2. The number of Topliss-reactive ketones (excluding diaryl/α,β-unsaturated/α-hetero) is 1. The van der Waals surface area contributed by atoms with E-state index in [1.807, 2.05) is 39.8 Å². The van der Waals surface area contributed by atoms with E-state index in [1.54, 1.807) is 26.2 Å². The van der Waals surface area contributed by atoms with Crippen molar-refractivity contribution in [3.63, 3.8) is 0 Å². The van der Waals surface area contributed by atoms with E-state index in [4.69, 9.17) is 4.74 Å². The minimum Gasteiger partial charge on any atom is -0.489 e. The highest BCUT2D eigenvalue weighted by atomic mass is 19.1. The lowest BCUT2D eigenvalue weighted by Gasteiger charge is -2.35. The molecule has 0 radical (unpaired) electrons. The maximum Gasteiger partial charge on any atom is 0.245 e. The van der Waals surface area contributed by atoms with Crippen molar-refractivity contribution >= 4 is 28.5 Å². The van der Waals surface area contributed by atoms with E-state index in [9.17, 15) is 18.8 Å². The van der Waals surface area contributed by atoms with Crippen molar-refractivity contribution in [2.45, 2.75) is 83.1 Å². The van der Waals surface area contributed by atoms with Crippen LogP contribution in [-0.2, 0) is 16.1 Å². The molecule has 4 atom stereocenters. The first-order valence-electron chi connectivity index (χ1n) is 15.0. The first-order valence-corrected chi connectivity index (χ1v) is 15.0. The fourth-order valence-electron chi connectivity index (χ4n) is 6.46. The van der Waals surface area contributed by atoms with Gasteiger partial charge in [-0.2, -0.15) is 0 Å². The van der Waals surface area contributed by atoms with E-state index < -0.39 is 17.9 Å². The van der Waals surface area contributed by atoms with Crippen LogP contribution in [0.1, 0.15) is 62.7 Å². The van der Waals surface area contributed by atoms with Crippen molar-refractivity contribution in [1.29, 1.82) is 0 Å². The predicted octanol–water partition coefficient (Wildman–Crippen LogP) is 4.70. The monoisotopic (exact) mass is 576 g/mol. The van der Waals surface area contributed by atoms with Crippen molar-refractivity contribution in [2.75, 3.05) is 13.6 Å². The molecule has 1 aliphatic carbocycles. The summed E-state index contributed by atoms with van der Waals surface area (Å²) in [5.74, 6) is -0.0490. The zero-order valence-corrected chi connectivity index (χ0v) is 24.6. The van der Waals surface area contributed by atoms with E-state index >= 15 is 0 Å². The second kappa shape index (κ2) is 13.1. The number of carbonyl (C=O) groups is 3. The Morgan fingerprint density at radius 2 is 1.81 bits per heavy atom. The number of ether oxygens (including phenoxy) is 1. The van der Waals surface area contributed by atoms with Gasteiger partial charge in [0.2, 0.25) is 11.8 Å². The number of likely N-dealkylation sites (N-methyl/N-ethyl adjacent to an activating group) is 1. The van der Waals surface area contributed by atoms with Gasteiger partial charge >= 0.3 is 0 Å². The lowest BCUT2D eigenvalue weighted by Crippen LogP contribution is -2.57. The van der Waals surface area contributed by atoms with Gasteiger partial charge < -0.3 is 24.8 Å². The number of fused-ring (bicyclic) bond motifs is 1. The molecule has 9 heteroatoms. The van der Waals surface area contributed by atoms with Gasteiger partial charge in [0.05, 0.1) is 18.6 Å². The fraction of sp³-hybridized carbons (Fsp3) is 0.485. The van der Waals surface area contributed by atoms with E-state index in [0.29, 0.717) is 30.5 Å². The largest absolute Gasteiger partial charge is 0.489 e. The summed E-state index contributed by atoms with van der Waals surface area (Å²) < 4.78 is 22.4. The van der Waals surface area contributed by atoms with Crippen molar-refractivity contribution in [3.05, 3.63) is 66.1 Å². The van der Waals surface area contributed by atoms with Crippen molar-refractivity contribution in [2.24, 2.45) is 5.92 Å². The van der Waals surface area contributed by atoms with E-state index in [0.717, 1.165) is 43.4 Å². The number of halogens is 1. The van der Waals surface area contributed by atoms with Crippen molar-refractivity contribution in [1.82, 2.24) is 20.1 Å². The number of benzene rings is 2. The highest BCUT2D eigenvalue weighted by molar-refractivity contribution is 6.07. The van der Waals surface area contributed by atoms with Gasteiger partial charge in [-0.1, -0.05) is 37.5 Å². The summed E-state index contributed by atoms with van der Waals surface area (Å²) >= 11 is 0. The molecule has 2 N–H and O–H groups in total. The Balaban J connectivity index is 1.47. The van der Waals surface area contributed by atoms with Crippen LogP contribution in [0.25, 0.3) is 10.9 Å². The summed E-state index contributed by atoms with van der Waals surface area (Å²) in [7, 11) is 1.73. The third kappa shape index (κ3) is 6.51. The molecule has 224 valence electrons. The van der Waals surface area contributed by atoms with Crippen LogP contribution < -0.4 is 15.4 Å². The molecule has 3 aromatic rings. The third-order valence-corrected chi connectivity index (χ3v) is 8.85. The van der Waals surface area contributed by atoms with Crippen LogP contribution in [0.3, 0.4) is 0 Å². The highest BCUT2D eigenvalue weighted by Gasteiger charge is 2.42. The molecule has 42 heavy (non-hydrogen) atoms. The zero-order valence-electron chi connectivity index (χ0n) is 24.6. The SMILES string of the molecule is CN[C@@H](C)C(=O)N[C@H](C(=O)N1C[C@@H](Oc2ccccc2)CC1Cn1cc(C(C)=O)c2cc(F)ccc21)C1CCCCC1. The van der Waals surface area contributed by atoms with Gasteiger partial charge in [0.25, 0.3) is 0 Å². The van der Waals surface area contributed by atoms with Crippen molar-refractivity contribution in [3.8, 4) is 5.75 Å². The first-order chi connectivity index (χ1) is 20.2. The molecule has 1 saturated carbocycles. The lowest BCUT2D eigenvalue weighted by molar-refractivity contribution is -0.139. The molecule has 1 aromatic heterocycles. The number of rotatable bonds is 10. The van der Waals surface area contributed by atoms with Gasteiger partial charge in [0, 0.05) is 35.6 Å². The van der Waals surface area contributed by atoms with Crippen LogP contribution in [0.2, 0.25) is 0 Å². The standard InChI is InChI=1S/C33H41FN4O4/c1-21(35-3)32(40)36-31(23-10-6-4-7-11-23)33(41)38-19-27(42-26-12-8-5-9-13-26)17-25(38)18-37-20-29(22(2)39)28-16-24(34)14-15-30(28)37/h5,8-9,12-16,20-21,23,25,27,31,35H,4,6-7,10-11,17-19H2,1-3H3,(H,36,40)/t21-,25?,27-,31-/m0/s1. The van der Waals surface area contributed by atoms with Crippen LogP contribution in [0, 0.1) is 11.7 Å². The van der Waals surface area contributed by atoms with Gasteiger partial charge in [-0.25, -0.2) is 4.39 Å². The molecule has 2 heterocycles. The number of nitrogens with one attached hydrogen (secondary N) is 2. The number of carbonyl (C=O) groups excluding carboxylic acids is 3. The zero-order chi connectivity index (χ0) is 29.8. The number of likely N-dealkylation sites (tertiary alicyclic amines) is 1. The predicted molar refractivity (Wildman–Crippen MR) is 160 cm³/mol. The molecule has 2 amide bonds. The first kappa shape index (κ1) is 29.8. The minimum absolute atomic E-state index is 0.0636. The second-order valence-corrected chi connectivity index (χ2v) is 11.7. The smallest absolute Gasteiger partial charge is 0.245 e. The topological polar surface area (TPSA) is 92.7 Å². The molecule has 5 rings (SSSR count). The maximum absolute atomic E-state index is 14.4. The molecular weight excluding hydrogens is 535 g/mol. The Hall–Kier alpha value is -3.72. The molecule has 2 fully saturated rings.